The van der Waals surface area contributed by atoms with Crippen LogP contribution in [0, 0.1) is 6.92 Å². The Bertz CT molecular complexity index is 531. The first-order valence-corrected chi connectivity index (χ1v) is 4.86. The van der Waals surface area contributed by atoms with Gasteiger partial charge in [-0.05, 0) is 18.6 Å². The third-order valence-electron chi connectivity index (χ3n) is 2.45. The molecule has 1 heterocycles. The molecule has 4 heteroatoms. The lowest BCUT2D eigenvalue weighted by atomic mass is 10.1. The second-order valence-corrected chi connectivity index (χ2v) is 3.72. The van der Waals surface area contributed by atoms with Crippen molar-refractivity contribution in [2.45, 2.75) is 6.92 Å². The molecule has 2 rings (SSSR count). The number of hydrogen-bond donors (Lipinski definition) is 1. The van der Waals surface area contributed by atoms with Gasteiger partial charge in [0, 0.05) is 16.5 Å². The summed E-state index contributed by atoms with van der Waals surface area (Å²) in [5.74, 6) is 0.647. The third kappa shape index (κ3) is 1.49. The minimum Gasteiger partial charge on any atom is -0.495 e. The average Bonchev–Trinajstić information content (AvgIpc) is 2.67. The van der Waals surface area contributed by atoms with Crippen molar-refractivity contribution in [2.75, 3.05) is 7.11 Å². The molecule has 0 unspecified atom stereocenters. The van der Waals surface area contributed by atoms with Crippen LogP contribution in [0.25, 0.3) is 10.9 Å². The monoisotopic (exact) mass is 223 g/mol. The van der Waals surface area contributed by atoms with Crippen LogP contribution in [-0.2, 0) is 0 Å². The summed E-state index contributed by atoms with van der Waals surface area (Å²) in [4.78, 5) is 13.6. The van der Waals surface area contributed by atoms with E-state index in [0.717, 1.165) is 22.8 Å². The van der Waals surface area contributed by atoms with E-state index in [2.05, 4.69) is 4.98 Å². The molecular weight excluding hydrogens is 214 g/mol. The molecule has 0 radical (unpaired) electrons. The Kier molecular flexibility index (Phi) is 2.40. The number of fused-ring (bicyclic) bond motifs is 1. The van der Waals surface area contributed by atoms with E-state index in [1.807, 2.05) is 6.92 Å². The van der Waals surface area contributed by atoms with Gasteiger partial charge in [-0.3, -0.25) is 4.79 Å². The van der Waals surface area contributed by atoms with E-state index in [-0.39, 0.29) is 0 Å². The van der Waals surface area contributed by atoms with Crippen LogP contribution >= 0.6 is 11.6 Å². The highest BCUT2D eigenvalue weighted by Crippen LogP contribution is 2.33. The number of carbonyl (C=O) groups excluding carboxylic acids is 1. The predicted octanol–water partition coefficient (Wildman–Crippen LogP) is 2.95. The van der Waals surface area contributed by atoms with Crippen molar-refractivity contribution in [3.63, 3.8) is 0 Å². The molecule has 0 aliphatic rings. The number of aromatic amines is 1. The zero-order valence-electron chi connectivity index (χ0n) is 8.43. The fourth-order valence-electron chi connectivity index (χ4n) is 1.61. The number of nitrogens with one attached hydrogen (secondary N) is 1. The van der Waals surface area contributed by atoms with Crippen LogP contribution in [0.15, 0.2) is 12.1 Å². The van der Waals surface area contributed by atoms with Crippen LogP contribution in [0.5, 0.6) is 5.75 Å². The summed E-state index contributed by atoms with van der Waals surface area (Å²) in [6, 6.07) is 3.51. The number of benzene rings is 1. The van der Waals surface area contributed by atoms with E-state index in [1.165, 1.54) is 0 Å². The number of rotatable bonds is 2. The first-order chi connectivity index (χ1) is 7.17. The zero-order valence-corrected chi connectivity index (χ0v) is 9.18. The van der Waals surface area contributed by atoms with Gasteiger partial charge in [0.1, 0.15) is 5.75 Å². The molecule has 2 aromatic rings. The zero-order chi connectivity index (χ0) is 11.0. The van der Waals surface area contributed by atoms with E-state index in [9.17, 15) is 4.79 Å². The number of carbonyl (C=O) groups is 1. The quantitative estimate of drug-likeness (QED) is 0.796. The Labute approximate surface area is 92.0 Å². The second kappa shape index (κ2) is 3.59. The summed E-state index contributed by atoms with van der Waals surface area (Å²) in [5.41, 5.74) is 2.27. The van der Waals surface area contributed by atoms with Gasteiger partial charge in [-0.1, -0.05) is 11.6 Å². The van der Waals surface area contributed by atoms with E-state index >= 15 is 0 Å². The van der Waals surface area contributed by atoms with E-state index in [4.69, 9.17) is 16.3 Å². The van der Waals surface area contributed by atoms with Gasteiger partial charge >= 0.3 is 0 Å². The molecule has 0 saturated carbocycles. The first kappa shape index (κ1) is 10.1. The number of methoxy groups -OCH3 is 1. The normalized spacial score (nSPS) is 10.6. The molecule has 0 atom stereocenters. The van der Waals surface area contributed by atoms with Gasteiger partial charge in [0.2, 0.25) is 0 Å². The fraction of sp³-hybridized carbons (Fsp3) is 0.182. The topological polar surface area (TPSA) is 42.1 Å². The van der Waals surface area contributed by atoms with Crippen LogP contribution in [0.1, 0.15) is 16.1 Å². The van der Waals surface area contributed by atoms with Crippen molar-refractivity contribution in [1.82, 2.24) is 4.98 Å². The van der Waals surface area contributed by atoms with Crippen molar-refractivity contribution in [2.24, 2.45) is 0 Å². The minimum absolute atomic E-state index is 0.522. The predicted molar refractivity (Wildman–Crippen MR) is 60.0 cm³/mol. The molecule has 0 amide bonds. The molecule has 78 valence electrons. The van der Waals surface area contributed by atoms with E-state index < -0.39 is 0 Å². The number of aldehydes is 1. The fourth-order valence-corrected chi connectivity index (χ4v) is 1.82. The van der Waals surface area contributed by atoms with Crippen molar-refractivity contribution in [3.8, 4) is 5.75 Å². The number of hydrogen-bond acceptors (Lipinski definition) is 2. The maximum absolute atomic E-state index is 10.7. The number of H-pyrrole nitrogens is 1. The van der Waals surface area contributed by atoms with Gasteiger partial charge < -0.3 is 9.72 Å². The van der Waals surface area contributed by atoms with Crippen LogP contribution in [0.2, 0.25) is 5.02 Å². The molecule has 1 aromatic heterocycles. The Morgan fingerprint density at radius 1 is 1.47 bits per heavy atom. The molecule has 0 spiro atoms. The average molecular weight is 224 g/mol. The van der Waals surface area contributed by atoms with Crippen molar-refractivity contribution in [1.29, 1.82) is 0 Å². The van der Waals surface area contributed by atoms with Gasteiger partial charge in [0.05, 0.1) is 18.3 Å². The Morgan fingerprint density at radius 2 is 2.20 bits per heavy atom. The summed E-state index contributed by atoms with van der Waals surface area (Å²) < 4.78 is 5.19. The van der Waals surface area contributed by atoms with Crippen LogP contribution in [0.4, 0.5) is 0 Å². The molecule has 3 nitrogen and oxygen atoms in total. The Balaban J connectivity index is 2.86. The van der Waals surface area contributed by atoms with E-state index in [0.29, 0.717) is 16.5 Å². The lowest BCUT2D eigenvalue weighted by Crippen LogP contribution is -1.87. The number of aromatic nitrogens is 1. The molecule has 0 aliphatic heterocycles. The summed E-state index contributed by atoms with van der Waals surface area (Å²) in [7, 11) is 1.57. The van der Waals surface area contributed by atoms with Crippen molar-refractivity contribution < 1.29 is 9.53 Å². The number of aryl methyl sites for hydroxylation is 1. The van der Waals surface area contributed by atoms with Crippen LogP contribution in [0.3, 0.4) is 0 Å². The summed E-state index contributed by atoms with van der Waals surface area (Å²) >= 11 is 6.04. The standard InChI is InChI=1S/C11H10ClNO2/c1-6-8-3-7(5-14)13-11(8)10(15-2)4-9(6)12/h3-5,13H,1-2H3. The number of ether oxygens (including phenoxy) is 1. The van der Waals surface area contributed by atoms with Crippen LogP contribution < -0.4 is 4.74 Å². The summed E-state index contributed by atoms with van der Waals surface area (Å²) in [6.45, 7) is 1.91. The largest absolute Gasteiger partial charge is 0.495 e. The second-order valence-electron chi connectivity index (χ2n) is 3.32. The molecule has 0 aliphatic carbocycles. The highest BCUT2D eigenvalue weighted by Gasteiger charge is 2.11. The van der Waals surface area contributed by atoms with Crippen molar-refractivity contribution in [3.05, 3.63) is 28.4 Å². The molecule has 15 heavy (non-hydrogen) atoms. The highest BCUT2D eigenvalue weighted by molar-refractivity contribution is 6.32. The maximum Gasteiger partial charge on any atom is 0.166 e. The van der Waals surface area contributed by atoms with Gasteiger partial charge in [-0.2, -0.15) is 0 Å². The van der Waals surface area contributed by atoms with Gasteiger partial charge in [-0.15, -0.1) is 0 Å². The lowest BCUT2D eigenvalue weighted by Gasteiger charge is -2.05. The lowest BCUT2D eigenvalue weighted by molar-refractivity contribution is 0.112. The maximum atomic E-state index is 10.7. The third-order valence-corrected chi connectivity index (χ3v) is 2.84. The minimum atomic E-state index is 0.522. The van der Waals surface area contributed by atoms with Crippen molar-refractivity contribution >= 4 is 28.8 Å². The molecule has 0 fully saturated rings. The Hall–Kier alpha value is -1.48. The highest BCUT2D eigenvalue weighted by atomic mass is 35.5. The van der Waals surface area contributed by atoms with Gasteiger partial charge in [0.15, 0.2) is 6.29 Å². The first-order valence-electron chi connectivity index (χ1n) is 4.48. The molecule has 0 bridgehead atoms. The molecule has 0 saturated heterocycles. The molecular formula is C11H10ClNO2. The summed E-state index contributed by atoms with van der Waals surface area (Å²) in [5, 5.41) is 1.55. The Morgan fingerprint density at radius 3 is 2.80 bits per heavy atom. The van der Waals surface area contributed by atoms with Crippen LogP contribution in [-0.4, -0.2) is 18.4 Å². The van der Waals surface area contributed by atoms with E-state index in [1.54, 1.807) is 19.2 Å². The molecule has 1 N–H and O–H groups in total. The smallest absolute Gasteiger partial charge is 0.166 e. The molecule has 1 aromatic carbocycles. The van der Waals surface area contributed by atoms with Gasteiger partial charge in [-0.25, -0.2) is 0 Å². The van der Waals surface area contributed by atoms with Gasteiger partial charge in [0.25, 0.3) is 0 Å². The summed E-state index contributed by atoms with van der Waals surface area (Å²) in [6.07, 6.45) is 0.771. The SMILES string of the molecule is COc1cc(Cl)c(C)c2cc(C=O)[nH]c12. The number of halogens is 1.